The molecule has 0 spiro atoms. The van der Waals surface area contributed by atoms with E-state index in [9.17, 15) is 18.0 Å². The number of amides is 1. The number of nitrogens with two attached hydrogens (primary N) is 1. The molecule has 0 aliphatic carbocycles. The smallest absolute Gasteiger partial charge is 0.475 e. The molecular formula is C13H19F3N4O3. The minimum absolute atomic E-state index is 0.0816. The lowest BCUT2D eigenvalue weighted by molar-refractivity contribution is -0.192. The molecule has 2 aliphatic heterocycles. The summed E-state index contributed by atoms with van der Waals surface area (Å²) in [5.74, 6) is -2.68. The van der Waals surface area contributed by atoms with E-state index in [1.165, 1.54) is 0 Å². The number of nitrogens with zero attached hydrogens (tertiary/aromatic N) is 3. The van der Waals surface area contributed by atoms with Crippen molar-refractivity contribution >= 4 is 11.9 Å². The highest BCUT2D eigenvalue weighted by Crippen LogP contribution is 2.17. The van der Waals surface area contributed by atoms with E-state index >= 15 is 0 Å². The lowest BCUT2D eigenvalue weighted by atomic mass is 10.2. The van der Waals surface area contributed by atoms with E-state index in [1.807, 2.05) is 0 Å². The molecule has 0 unspecified atom stereocenters. The summed E-state index contributed by atoms with van der Waals surface area (Å²) < 4.78 is 31.7. The number of likely N-dealkylation sites (tertiary alicyclic amines) is 2. The molecule has 7 nitrogen and oxygen atoms in total. The van der Waals surface area contributed by atoms with Crippen molar-refractivity contribution in [1.82, 2.24) is 9.80 Å². The first kappa shape index (κ1) is 19.2. The third-order valence-electron chi connectivity index (χ3n) is 3.63. The van der Waals surface area contributed by atoms with Crippen LogP contribution in [0, 0.1) is 11.3 Å². The van der Waals surface area contributed by atoms with Crippen molar-refractivity contribution < 1.29 is 27.9 Å². The Hall–Kier alpha value is -1.86. The number of alkyl halides is 3. The number of rotatable bonds is 2. The van der Waals surface area contributed by atoms with Gasteiger partial charge in [0, 0.05) is 25.7 Å². The Morgan fingerprint density at radius 1 is 1.30 bits per heavy atom. The van der Waals surface area contributed by atoms with Gasteiger partial charge in [-0.25, -0.2) is 4.79 Å². The van der Waals surface area contributed by atoms with Crippen LogP contribution in [-0.4, -0.2) is 71.2 Å². The van der Waals surface area contributed by atoms with Gasteiger partial charge in [-0.1, -0.05) is 0 Å². The van der Waals surface area contributed by atoms with Crippen LogP contribution in [0.25, 0.3) is 0 Å². The minimum atomic E-state index is -5.08. The van der Waals surface area contributed by atoms with Gasteiger partial charge in [0.1, 0.15) is 6.04 Å². The first-order valence-electron chi connectivity index (χ1n) is 7.12. The van der Waals surface area contributed by atoms with Gasteiger partial charge in [-0.05, 0) is 19.3 Å². The fourth-order valence-electron chi connectivity index (χ4n) is 2.49. The minimum Gasteiger partial charge on any atom is -0.475 e. The molecule has 2 heterocycles. The summed E-state index contributed by atoms with van der Waals surface area (Å²) in [6, 6.07) is 2.19. The van der Waals surface area contributed by atoms with Crippen LogP contribution in [0.1, 0.15) is 19.3 Å². The Morgan fingerprint density at radius 2 is 1.91 bits per heavy atom. The standard InChI is InChI=1S/C11H18N4O.C2HF3O2/c12-6-10-2-1-4-15(10)11(16)8-14-5-3-9(13)7-14;3-2(4,5)1(6)7/h9-10H,1-5,7-8,13H2;(H,6,7)/t9-,10-;/m0./s1. The molecular weight excluding hydrogens is 317 g/mol. The molecule has 2 saturated heterocycles. The van der Waals surface area contributed by atoms with Crippen molar-refractivity contribution in [3.63, 3.8) is 0 Å². The molecule has 2 atom stereocenters. The Balaban J connectivity index is 0.000000322. The number of halogens is 3. The number of carboxylic acid groups (broad SMARTS) is 1. The summed E-state index contributed by atoms with van der Waals surface area (Å²) >= 11 is 0. The lowest BCUT2D eigenvalue weighted by Crippen LogP contribution is -2.42. The maximum atomic E-state index is 12.0. The van der Waals surface area contributed by atoms with Gasteiger partial charge >= 0.3 is 12.1 Å². The van der Waals surface area contributed by atoms with Crippen LogP contribution in [0.4, 0.5) is 13.2 Å². The summed E-state index contributed by atoms with van der Waals surface area (Å²) in [7, 11) is 0. The first-order valence-corrected chi connectivity index (χ1v) is 7.12. The van der Waals surface area contributed by atoms with Crippen LogP contribution in [-0.2, 0) is 9.59 Å². The SMILES string of the molecule is N#C[C@@H]1CCCN1C(=O)CN1CC[C@H](N)C1.O=C(O)C(F)(F)F. The van der Waals surface area contributed by atoms with Gasteiger partial charge in [-0.2, -0.15) is 18.4 Å². The number of carbonyl (C=O) groups is 2. The average Bonchev–Trinajstić information content (AvgIpc) is 3.06. The number of carbonyl (C=O) groups excluding carboxylic acids is 1. The van der Waals surface area contributed by atoms with Gasteiger partial charge in [0.2, 0.25) is 5.91 Å². The van der Waals surface area contributed by atoms with Crippen LogP contribution < -0.4 is 5.73 Å². The number of nitriles is 1. The van der Waals surface area contributed by atoms with Crippen molar-refractivity contribution in [2.24, 2.45) is 5.73 Å². The molecule has 2 aliphatic rings. The van der Waals surface area contributed by atoms with Gasteiger partial charge < -0.3 is 15.7 Å². The van der Waals surface area contributed by atoms with Crippen LogP contribution >= 0.6 is 0 Å². The van der Waals surface area contributed by atoms with Crippen molar-refractivity contribution in [2.75, 3.05) is 26.2 Å². The highest BCUT2D eigenvalue weighted by molar-refractivity contribution is 5.79. The monoisotopic (exact) mass is 336 g/mol. The second-order valence-electron chi connectivity index (χ2n) is 5.46. The molecule has 130 valence electrons. The van der Waals surface area contributed by atoms with E-state index in [0.717, 1.165) is 38.9 Å². The Morgan fingerprint density at radius 3 is 2.35 bits per heavy atom. The zero-order chi connectivity index (χ0) is 17.6. The largest absolute Gasteiger partial charge is 0.490 e. The Kier molecular flexibility index (Phi) is 6.78. The molecule has 3 N–H and O–H groups in total. The van der Waals surface area contributed by atoms with Crippen LogP contribution in [0.5, 0.6) is 0 Å². The summed E-state index contributed by atoms with van der Waals surface area (Å²) in [5, 5.41) is 16.0. The van der Waals surface area contributed by atoms with Crippen molar-refractivity contribution in [3.8, 4) is 6.07 Å². The van der Waals surface area contributed by atoms with Gasteiger partial charge in [0.25, 0.3) is 0 Å². The molecule has 0 aromatic carbocycles. The highest BCUT2D eigenvalue weighted by atomic mass is 19.4. The second kappa shape index (κ2) is 8.12. The number of aliphatic carboxylic acids is 1. The van der Waals surface area contributed by atoms with Crippen molar-refractivity contribution in [1.29, 1.82) is 5.26 Å². The predicted molar refractivity (Wildman–Crippen MR) is 73.1 cm³/mol. The van der Waals surface area contributed by atoms with Crippen LogP contribution in [0.3, 0.4) is 0 Å². The van der Waals surface area contributed by atoms with Gasteiger partial charge in [0.05, 0.1) is 12.6 Å². The fraction of sp³-hybridized carbons (Fsp3) is 0.769. The molecule has 2 rings (SSSR count). The summed E-state index contributed by atoms with van der Waals surface area (Å²) in [6.07, 6.45) is -2.35. The summed E-state index contributed by atoms with van der Waals surface area (Å²) in [6.45, 7) is 2.86. The van der Waals surface area contributed by atoms with E-state index in [2.05, 4.69) is 11.0 Å². The highest BCUT2D eigenvalue weighted by Gasteiger charge is 2.38. The van der Waals surface area contributed by atoms with Gasteiger partial charge in [-0.3, -0.25) is 9.69 Å². The molecule has 1 amide bonds. The van der Waals surface area contributed by atoms with Crippen LogP contribution in [0.15, 0.2) is 0 Å². The van der Waals surface area contributed by atoms with Crippen molar-refractivity contribution in [2.45, 2.75) is 37.5 Å². The quantitative estimate of drug-likeness (QED) is 0.743. The molecule has 0 aromatic rings. The zero-order valence-electron chi connectivity index (χ0n) is 12.4. The fourth-order valence-corrected chi connectivity index (χ4v) is 2.49. The molecule has 23 heavy (non-hydrogen) atoms. The van der Waals surface area contributed by atoms with E-state index < -0.39 is 12.1 Å². The summed E-state index contributed by atoms with van der Waals surface area (Å²) in [4.78, 5) is 24.7. The molecule has 0 radical (unpaired) electrons. The average molecular weight is 336 g/mol. The van der Waals surface area contributed by atoms with Crippen LogP contribution in [0.2, 0.25) is 0 Å². The lowest BCUT2D eigenvalue weighted by Gasteiger charge is -2.23. The first-order chi connectivity index (χ1) is 10.6. The number of hydrogen-bond acceptors (Lipinski definition) is 5. The Labute approximate surface area is 131 Å². The second-order valence-corrected chi connectivity index (χ2v) is 5.46. The molecule has 0 bridgehead atoms. The number of carboxylic acids is 1. The molecule has 10 heteroatoms. The maximum Gasteiger partial charge on any atom is 0.490 e. The maximum absolute atomic E-state index is 12.0. The van der Waals surface area contributed by atoms with Crippen molar-refractivity contribution in [3.05, 3.63) is 0 Å². The Bertz CT molecular complexity index is 478. The van der Waals surface area contributed by atoms with E-state index in [1.54, 1.807) is 4.90 Å². The number of hydrogen-bond donors (Lipinski definition) is 2. The third-order valence-corrected chi connectivity index (χ3v) is 3.63. The molecule has 0 aromatic heterocycles. The molecule has 0 saturated carbocycles. The predicted octanol–water partition coefficient (Wildman–Crippen LogP) is 0.167. The third kappa shape index (κ3) is 6.03. The zero-order valence-corrected chi connectivity index (χ0v) is 12.4. The summed E-state index contributed by atoms with van der Waals surface area (Å²) in [5.41, 5.74) is 5.79. The van der Waals surface area contributed by atoms with Gasteiger partial charge in [0.15, 0.2) is 0 Å². The normalized spacial score (nSPS) is 24.7. The van der Waals surface area contributed by atoms with E-state index in [4.69, 9.17) is 20.9 Å². The topological polar surface area (TPSA) is 111 Å². The van der Waals surface area contributed by atoms with E-state index in [0.29, 0.717) is 6.54 Å². The van der Waals surface area contributed by atoms with E-state index in [-0.39, 0.29) is 18.0 Å². The van der Waals surface area contributed by atoms with Gasteiger partial charge in [-0.15, -0.1) is 0 Å². The molecule has 2 fully saturated rings.